The number of aliphatic imine (C=N–C) groups is 1. The number of imidazole rings is 1. The summed E-state index contributed by atoms with van der Waals surface area (Å²) in [5.74, 6) is 1.79. The molecule has 1 aliphatic rings. The number of hydrogen-bond acceptors (Lipinski definition) is 2. The van der Waals surface area contributed by atoms with Crippen molar-refractivity contribution in [1.82, 2.24) is 19.8 Å². The lowest BCUT2D eigenvalue weighted by atomic mass is 9.99. The maximum Gasteiger partial charge on any atom is 0.193 e. The highest BCUT2D eigenvalue weighted by Gasteiger charge is 2.24. The second-order valence-corrected chi connectivity index (χ2v) is 6.68. The van der Waals surface area contributed by atoms with Crippen LogP contribution in [0.4, 0.5) is 0 Å². The lowest BCUT2D eigenvalue weighted by Crippen LogP contribution is -2.40. The van der Waals surface area contributed by atoms with Crippen LogP contribution >= 0.6 is 24.0 Å². The fourth-order valence-corrected chi connectivity index (χ4v) is 3.42. The molecule has 6 heteroatoms. The third-order valence-electron chi connectivity index (χ3n) is 4.68. The van der Waals surface area contributed by atoms with Crippen molar-refractivity contribution in [3.05, 3.63) is 54.6 Å². The molecule has 2 aromatic rings. The van der Waals surface area contributed by atoms with Crippen LogP contribution in [0.3, 0.4) is 0 Å². The summed E-state index contributed by atoms with van der Waals surface area (Å²) in [6.07, 6.45) is 9.13. The van der Waals surface area contributed by atoms with Crippen LogP contribution in [0.1, 0.15) is 25.3 Å². The zero-order valence-corrected chi connectivity index (χ0v) is 17.9. The minimum atomic E-state index is 0. The molecule has 142 valence electrons. The average molecular weight is 467 g/mol. The highest BCUT2D eigenvalue weighted by Crippen LogP contribution is 2.20. The molecule has 1 fully saturated rings. The molecular formula is C20H30IN5. The van der Waals surface area contributed by atoms with Crippen molar-refractivity contribution in [2.24, 2.45) is 10.9 Å². The SMILES string of the molecule is CCNC(=NCCCn1ccnc1)N1CCC(Cc2ccccc2)C1.I. The number of nitrogens with zero attached hydrogens (tertiary/aromatic N) is 4. The first-order valence-electron chi connectivity index (χ1n) is 9.38. The number of hydrogen-bond donors (Lipinski definition) is 1. The topological polar surface area (TPSA) is 45.5 Å². The van der Waals surface area contributed by atoms with Crippen LogP contribution in [0.5, 0.6) is 0 Å². The maximum atomic E-state index is 4.83. The van der Waals surface area contributed by atoms with Gasteiger partial charge in [-0.05, 0) is 37.7 Å². The van der Waals surface area contributed by atoms with Crippen molar-refractivity contribution in [3.63, 3.8) is 0 Å². The first-order chi connectivity index (χ1) is 12.3. The Morgan fingerprint density at radius 1 is 1.31 bits per heavy atom. The van der Waals surface area contributed by atoms with Crippen LogP contribution in [0.15, 0.2) is 54.0 Å². The van der Waals surface area contributed by atoms with E-state index in [1.54, 1.807) is 0 Å². The predicted octanol–water partition coefficient (Wildman–Crippen LogP) is 3.42. The Bertz CT molecular complexity index is 641. The molecule has 0 amide bonds. The molecule has 3 rings (SSSR count). The van der Waals surface area contributed by atoms with Crippen molar-refractivity contribution in [3.8, 4) is 0 Å². The minimum absolute atomic E-state index is 0. The fraction of sp³-hybridized carbons (Fsp3) is 0.500. The second kappa shape index (κ2) is 11.2. The Kier molecular flexibility index (Phi) is 8.94. The quantitative estimate of drug-likeness (QED) is 0.294. The van der Waals surface area contributed by atoms with Gasteiger partial charge < -0.3 is 14.8 Å². The van der Waals surface area contributed by atoms with Gasteiger partial charge in [0.05, 0.1) is 6.33 Å². The van der Waals surface area contributed by atoms with E-state index in [0.29, 0.717) is 0 Å². The molecule has 0 bridgehead atoms. The lowest BCUT2D eigenvalue weighted by molar-refractivity contribution is 0.459. The molecule has 5 nitrogen and oxygen atoms in total. The van der Waals surface area contributed by atoms with E-state index in [1.165, 1.54) is 12.0 Å². The van der Waals surface area contributed by atoms with Crippen molar-refractivity contribution >= 4 is 29.9 Å². The molecule has 0 spiro atoms. The number of aromatic nitrogens is 2. The van der Waals surface area contributed by atoms with Gasteiger partial charge in [0.15, 0.2) is 5.96 Å². The molecule has 26 heavy (non-hydrogen) atoms. The van der Waals surface area contributed by atoms with Gasteiger partial charge in [0, 0.05) is 45.1 Å². The molecule has 1 unspecified atom stereocenters. The lowest BCUT2D eigenvalue weighted by Gasteiger charge is -2.21. The number of likely N-dealkylation sites (tertiary alicyclic amines) is 1. The maximum absolute atomic E-state index is 4.83. The molecule has 2 heterocycles. The Hall–Kier alpha value is -1.57. The van der Waals surface area contributed by atoms with Gasteiger partial charge in [-0.3, -0.25) is 4.99 Å². The van der Waals surface area contributed by atoms with E-state index in [9.17, 15) is 0 Å². The summed E-state index contributed by atoms with van der Waals surface area (Å²) >= 11 is 0. The summed E-state index contributed by atoms with van der Waals surface area (Å²) in [4.78, 5) is 11.3. The average Bonchev–Trinajstić information content (AvgIpc) is 3.31. The monoisotopic (exact) mass is 467 g/mol. The molecule has 0 saturated carbocycles. The largest absolute Gasteiger partial charge is 0.357 e. The number of guanidine groups is 1. The minimum Gasteiger partial charge on any atom is -0.357 e. The van der Waals surface area contributed by atoms with E-state index < -0.39 is 0 Å². The second-order valence-electron chi connectivity index (χ2n) is 6.68. The Morgan fingerprint density at radius 2 is 2.15 bits per heavy atom. The molecule has 1 atom stereocenters. The molecule has 1 N–H and O–H groups in total. The molecule has 0 aliphatic carbocycles. The zero-order valence-electron chi connectivity index (χ0n) is 15.6. The summed E-state index contributed by atoms with van der Waals surface area (Å²) in [7, 11) is 0. The summed E-state index contributed by atoms with van der Waals surface area (Å²) in [6, 6.07) is 10.8. The molecular weight excluding hydrogens is 437 g/mol. The van der Waals surface area contributed by atoms with Crippen molar-refractivity contribution in [2.45, 2.75) is 32.7 Å². The smallest absolute Gasteiger partial charge is 0.193 e. The van der Waals surface area contributed by atoms with Crippen LogP contribution in [-0.2, 0) is 13.0 Å². The third kappa shape index (κ3) is 6.30. The zero-order chi connectivity index (χ0) is 17.3. The molecule has 1 aromatic heterocycles. The number of rotatable bonds is 7. The van der Waals surface area contributed by atoms with E-state index in [4.69, 9.17) is 4.99 Å². The van der Waals surface area contributed by atoms with E-state index in [0.717, 1.165) is 57.4 Å². The summed E-state index contributed by atoms with van der Waals surface area (Å²) < 4.78 is 2.11. The Morgan fingerprint density at radius 3 is 2.88 bits per heavy atom. The van der Waals surface area contributed by atoms with E-state index >= 15 is 0 Å². The van der Waals surface area contributed by atoms with Gasteiger partial charge in [-0.2, -0.15) is 0 Å². The van der Waals surface area contributed by atoms with Gasteiger partial charge in [0.25, 0.3) is 0 Å². The van der Waals surface area contributed by atoms with Crippen molar-refractivity contribution in [2.75, 3.05) is 26.2 Å². The standard InChI is InChI=1S/C20H29N5.HI/c1-2-22-20(23-10-6-12-24-14-11-21-17-24)25-13-9-19(16-25)15-18-7-4-3-5-8-18;/h3-5,7-8,11,14,17,19H,2,6,9-10,12-13,15-16H2,1H3,(H,22,23);1H. The van der Waals surface area contributed by atoms with Crippen LogP contribution in [0.25, 0.3) is 0 Å². The number of aryl methyl sites for hydroxylation is 1. The van der Waals surface area contributed by atoms with Crippen LogP contribution in [-0.4, -0.2) is 46.6 Å². The Balaban J connectivity index is 0.00000243. The summed E-state index contributed by atoms with van der Waals surface area (Å²) in [5.41, 5.74) is 1.44. The highest BCUT2D eigenvalue weighted by molar-refractivity contribution is 14.0. The van der Waals surface area contributed by atoms with Gasteiger partial charge in [-0.15, -0.1) is 24.0 Å². The molecule has 1 saturated heterocycles. The highest BCUT2D eigenvalue weighted by atomic mass is 127. The fourth-order valence-electron chi connectivity index (χ4n) is 3.42. The first-order valence-corrected chi connectivity index (χ1v) is 9.38. The molecule has 0 radical (unpaired) electrons. The van der Waals surface area contributed by atoms with Gasteiger partial charge in [-0.1, -0.05) is 30.3 Å². The number of halogens is 1. The van der Waals surface area contributed by atoms with Crippen molar-refractivity contribution in [1.29, 1.82) is 0 Å². The van der Waals surface area contributed by atoms with Crippen LogP contribution in [0.2, 0.25) is 0 Å². The van der Waals surface area contributed by atoms with Gasteiger partial charge in [0.2, 0.25) is 0 Å². The summed E-state index contributed by atoms with van der Waals surface area (Å²) in [5, 5.41) is 3.46. The number of benzene rings is 1. The molecule has 1 aliphatic heterocycles. The first kappa shape index (κ1) is 20.7. The van der Waals surface area contributed by atoms with Crippen LogP contribution in [0, 0.1) is 5.92 Å². The normalized spacial score (nSPS) is 17.2. The number of nitrogens with one attached hydrogen (secondary N) is 1. The van der Waals surface area contributed by atoms with Gasteiger partial charge in [-0.25, -0.2) is 4.98 Å². The van der Waals surface area contributed by atoms with Gasteiger partial charge >= 0.3 is 0 Å². The predicted molar refractivity (Wildman–Crippen MR) is 118 cm³/mol. The van der Waals surface area contributed by atoms with E-state index in [-0.39, 0.29) is 24.0 Å². The summed E-state index contributed by atoms with van der Waals surface area (Å²) in [6.45, 7) is 7.08. The third-order valence-corrected chi connectivity index (χ3v) is 4.68. The molecule has 1 aromatic carbocycles. The Labute approximate surface area is 173 Å². The van der Waals surface area contributed by atoms with E-state index in [1.807, 2.05) is 18.7 Å². The van der Waals surface area contributed by atoms with Gasteiger partial charge in [0.1, 0.15) is 0 Å². The van der Waals surface area contributed by atoms with E-state index in [2.05, 4.69) is 57.0 Å². The van der Waals surface area contributed by atoms with Crippen molar-refractivity contribution < 1.29 is 0 Å². The van der Waals surface area contributed by atoms with Crippen LogP contribution < -0.4 is 5.32 Å².